The predicted octanol–water partition coefficient (Wildman–Crippen LogP) is 8.91. The van der Waals surface area contributed by atoms with Gasteiger partial charge in [-0.1, -0.05) is 109 Å². The number of nitrogens with zero attached hydrogens (tertiary/aromatic N) is 2. The first-order valence-corrected chi connectivity index (χ1v) is 15.2. The molecule has 0 atom stereocenters. The van der Waals surface area contributed by atoms with E-state index < -0.39 is 0 Å². The lowest BCUT2D eigenvalue weighted by atomic mass is 9.48. The average molecular weight is 558 g/mol. The predicted molar refractivity (Wildman–Crippen MR) is 185 cm³/mol. The van der Waals surface area contributed by atoms with Crippen LogP contribution in [0.15, 0.2) is 144 Å². The molecule has 202 valence electrons. The largest absolute Gasteiger partial charge is 0.454 e. The first-order valence-electron chi connectivity index (χ1n) is 15.2. The number of benzene rings is 7. The molecule has 0 aliphatic carbocycles. The van der Waals surface area contributed by atoms with Gasteiger partial charge in [0.25, 0.3) is 0 Å². The van der Waals surface area contributed by atoms with Crippen LogP contribution in [-0.2, 0) is 0 Å². The second-order valence-electron chi connectivity index (χ2n) is 12.0. The van der Waals surface area contributed by atoms with E-state index in [9.17, 15) is 0 Å². The molecule has 44 heavy (non-hydrogen) atoms. The molecule has 0 N–H and O–H groups in total. The minimum absolute atomic E-state index is 0.0590. The van der Waals surface area contributed by atoms with Crippen molar-refractivity contribution in [1.82, 2.24) is 9.05 Å². The SMILES string of the molecule is c1ccc2c(c1)B(n1c3ccccc3c3ccc4c5ccccc5oc4c31)c1cc3ccccc3c3c4ccccc4n-2c13. The van der Waals surface area contributed by atoms with Gasteiger partial charge < -0.3 is 13.5 Å². The first kappa shape index (κ1) is 22.8. The number of hydrogen-bond donors (Lipinski definition) is 0. The Bertz CT molecular complexity index is 2850. The maximum Gasteiger partial charge on any atom is 0.332 e. The van der Waals surface area contributed by atoms with Gasteiger partial charge in [-0.05, 0) is 52.0 Å². The van der Waals surface area contributed by atoms with Crippen molar-refractivity contribution in [3.63, 3.8) is 0 Å². The summed E-state index contributed by atoms with van der Waals surface area (Å²) >= 11 is 0. The minimum atomic E-state index is -0.0590. The van der Waals surface area contributed by atoms with Gasteiger partial charge in [0.1, 0.15) is 5.58 Å². The summed E-state index contributed by atoms with van der Waals surface area (Å²) < 4.78 is 11.8. The molecule has 11 rings (SSSR count). The number of furan rings is 1. The molecule has 0 unspecified atom stereocenters. The van der Waals surface area contributed by atoms with E-state index in [1.807, 2.05) is 0 Å². The molecule has 0 radical (unpaired) electrons. The highest BCUT2D eigenvalue weighted by Gasteiger charge is 2.37. The molecule has 1 aliphatic heterocycles. The Hall–Kier alpha value is -5.74. The fourth-order valence-corrected chi connectivity index (χ4v) is 8.23. The lowest BCUT2D eigenvalue weighted by Crippen LogP contribution is -2.53. The van der Waals surface area contributed by atoms with Crippen molar-refractivity contribution in [3.8, 4) is 5.69 Å². The van der Waals surface area contributed by atoms with Crippen molar-refractivity contribution < 1.29 is 4.42 Å². The summed E-state index contributed by atoms with van der Waals surface area (Å²) in [5, 5.41) is 9.93. The van der Waals surface area contributed by atoms with Crippen LogP contribution in [0.4, 0.5) is 0 Å². The summed E-state index contributed by atoms with van der Waals surface area (Å²) in [6.07, 6.45) is 0. The number of aromatic nitrogens is 2. The van der Waals surface area contributed by atoms with E-state index in [1.54, 1.807) is 0 Å². The van der Waals surface area contributed by atoms with Crippen molar-refractivity contribution in [2.24, 2.45) is 0 Å². The first-order chi connectivity index (χ1) is 21.9. The van der Waals surface area contributed by atoms with Gasteiger partial charge in [-0.3, -0.25) is 0 Å². The summed E-state index contributed by atoms with van der Waals surface area (Å²) in [5.41, 5.74) is 10.6. The van der Waals surface area contributed by atoms with Crippen LogP contribution in [-0.4, -0.2) is 15.9 Å². The van der Waals surface area contributed by atoms with E-state index in [4.69, 9.17) is 4.42 Å². The number of hydrogen-bond acceptors (Lipinski definition) is 1. The zero-order chi connectivity index (χ0) is 28.5. The summed E-state index contributed by atoms with van der Waals surface area (Å²) in [5.74, 6) is 0. The number of fused-ring (bicyclic) bond motifs is 14. The lowest BCUT2D eigenvalue weighted by Gasteiger charge is -2.28. The van der Waals surface area contributed by atoms with Gasteiger partial charge in [-0.15, -0.1) is 0 Å². The lowest BCUT2D eigenvalue weighted by molar-refractivity contribution is 0.671. The molecule has 3 nitrogen and oxygen atoms in total. The Balaban J connectivity index is 1.41. The average Bonchev–Trinajstić information content (AvgIpc) is 3.74. The quantitative estimate of drug-likeness (QED) is 0.185. The maximum absolute atomic E-state index is 6.75. The van der Waals surface area contributed by atoms with Crippen LogP contribution in [0.2, 0.25) is 0 Å². The van der Waals surface area contributed by atoms with Crippen LogP contribution in [0.25, 0.3) is 82.0 Å². The Morgan fingerprint density at radius 3 is 2.07 bits per heavy atom. The molecule has 4 heterocycles. The summed E-state index contributed by atoms with van der Waals surface area (Å²) in [7, 11) is 0. The highest BCUT2D eigenvalue weighted by Crippen LogP contribution is 2.41. The van der Waals surface area contributed by atoms with Crippen LogP contribution in [0, 0.1) is 0 Å². The third kappa shape index (κ3) is 2.66. The second kappa shape index (κ2) is 8.00. The fourth-order valence-electron chi connectivity index (χ4n) is 8.23. The van der Waals surface area contributed by atoms with E-state index in [0.717, 1.165) is 27.5 Å². The highest BCUT2D eigenvalue weighted by molar-refractivity contribution is 6.88. The minimum Gasteiger partial charge on any atom is -0.454 e. The Kier molecular flexibility index (Phi) is 4.15. The Morgan fingerprint density at radius 1 is 0.477 bits per heavy atom. The van der Waals surface area contributed by atoms with Gasteiger partial charge in [-0.2, -0.15) is 0 Å². The summed E-state index contributed by atoms with van der Waals surface area (Å²) in [6, 6.07) is 50.9. The summed E-state index contributed by atoms with van der Waals surface area (Å²) in [4.78, 5) is 0. The monoisotopic (exact) mass is 558 g/mol. The summed E-state index contributed by atoms with van der Waals surface area (Å²) in [6.45, 7) is -0.0590. The van der Waals surface area contributed by atoms with Crippen molar-refractivity contribution in [2.45, 2.75) is 0 Å². The van der Waals surface area contributed by atoms with Crippen LogP contribution in [0.3, 0.4) is 0 Å². The molecule has 0 bridgehead atoms. The number of rotatable bonds is 1. The molecule has 0 saturated heterocycles. The van der Waals surface area contributed by atoms with Crippen LogP contribution in [0.1, 0.15) is 0 Å². The van der Waals surface area contributed by atoms with Crippen molar-refractivity contribution in [1.29, 1.82) is 0 Å². The maximum atomic E-state index is 6.75. The van der Waals surface area contributed by atoms with Crippen LogP contribution in [0.5, 0.6) is 0 Å². The molecule has 10 aromatic rings. The molecule has 3 aromatic heterocycles. The smallest absolute Gasteiger partial charge is 0.332 e. The van der Waals surface area contributed by atoms with Crippen LogP contribution < -0.4 is 10.9 Å². The van der Waals surface area contributed by atoms with Crippen molar-refractivity contribution in [3.05, 3.63) is 140 Å². The number of para-hydroxylation sites is 4. The topological polar surface area (TPSA) is 23.0 Å². The molecule has 4 heteroatoms. The highest BCUT2D eigenvalue weighted by atomic mass is 16.3. The van der Waals surface area contributed by atoms with E-state index in [0.29, 0.717) is 0 Å². The van der Waals surface area contributed by atoms with Gasteiger partial charge >= 0.3 is 6.85 Å². The van der Waals surface area contributed by atoms with E-state index >= 15 is 0 Å². The molecule has 0 amide bonds. The molecular weight excluding hydrogens is 535 g/mol. The third-order valence-electron chi connectivity index (χ3n) is 9.93. The molecule has 7 aromatic carbocycles. The molecular formula is C40H23BN2O. The normalized spacial score (nSPS) is 13.0. The van der Waals surface area contributed by atoms with Gasteiger partial charge in [-0.25, -0.2) is 0 Å². The Morgan fingerprint density at radius 2 is 1.16 bits per heavy atom. The Labute approximate surface area is 252 Å². The standard InChI is InChI=1S/C40H23BN2O/c1-2-12-25-24(11-1)23-32-39-37(25)30-15-4-7-17-33(30)42(39)35-19-9-6-16-31(35)41(32)43-34-18-8-3-13-26(34)28-21-22-29-27-14-5-10-20-36(27)44-40(29)38(28)43/h1-23H. The van der Waals surface area contributed by atoms with Crippen molar-refractivity contribution in [2.75, 3.05) is 0 Å². The van der Waals surface area contributed by atoms with Crippen molar-refractivity contribution >= 4 is 94.1 Å². The zero-order valence-electron chi connectivity index (χ0n) is 23.7. The molecule has 0 fully saturated rings. The second-order valence-corrected chi connectivity index (χ2v) is 12.0. The van der Waals surface area contributed by atoms with E-state index in [2.05, 4.69) is 149 Å². The molecule has 0 spiro atoms. The van der Waals surface area contributed by atoms with E-state index in [1.165, 1.54) is 65.5 Å². The third-order valence-corrected chi connectivity index (χ3v) is 9.93. The van der Waals surface area contributed by atoms with E-state index in [-0.39, 0.29) is 6.85 Å². The van der Waals surface area contributed by atoms with Gasteiger partial charge in [0.2, 0.25) is 0 Å². The van der Waals surface area contributed by atoms with Crippen LogP contribution >= 0.6 is 0 Å². The van der Waals surface area contributed by atoms with Gasteiger partial charge in [0.05, 0.1) is 16.6 Å². The molecule has 1 aliphatic rings. The molecule has 0 saturated carbocycles. The fraction of sp³-hybridized carbons (Fsp3) is 0. The van der Waals surface area contributed by atoms with Gasteiger partial charge in [0, 0.05) is 43.5 Å². The van der Waals surface area contributed by atoms with Gasteiger partial charge in [0.15, 0.2) is 5.58 Å². The zero-order valence-corrected chi connectivity index (χ0v) is 23.7.